The molecule has 0 N–H and O–H groups in total. The van der Waals surface area contributed by atoms with Gasteiger partial charge in [0.05, 0.1) is 12.2 Å². The molecule has 0 spiro atoms. The molecule has 0 saturated carbocycles. The average Bonchev–Trinajstić information content (AvgIpc) is 2.83. The first-order valence-corrected chi connectivity index (χ1v) is 5.50. The van der Waals surface area contributed by atoms with Crippen molar-refractivity contribution in [3.63, 3.8) is 0 Å². The molecule has 0 aliphatic heterocycles. The molecule has 1 aromatic rings. The Balaban J connectivity index is 2.13. The highest BCUT2D eigenvalue weighted by atomic mass is 16.5. The highest BCUT2D eigenvalue weighted by Crippen LogP contribution is 2.24. The summed E-state index contributed by atoms with van der Waals surface area (Å²) in [5.41, 5.74) is 1.58. The molecule has 0 bridgehead atoms. The second kappa shape index (κ2) is 4.88. The van der Waals surface area contributed by atoms with Crippen molar-refractivity contribution in [3.8, 4) is 0 Å². The van der Waals surface area contributed by atoms with Crippen LogP contribution in [0.3, 0.4) is 0 Å². The molecule has 1 aliphatic rings. The normalized spacial score (nSPS) is 14.7. The van der Waals surface area contributed by atoms with Gasteiger partial charge in [-0.3, -0.25) is 0 Å². The molecule has 1 aliphatic carbocycles. The third-order valence-electron chi connectivity index (χ3n) is 2.49. The first-order valence-electron chi connectivity index (χ1n) is 5.50. The van der Waals surface area contributed by atoms with E-state index < -0.39 is 0 Å². The van der Waals surface area contributed by atoms with Crippen LogP contribution in [0.25, 0.3) is 5.57 Å². The quantitative estimate of drug-likeness (QED) is 0.730. The highest BCUT2D eigenvalue weighted by molar-refractivity contribution is 5.88. The van der Waals surface area contributed by atoms with Gasteiger partial charge in [0.2, 0.25) is 0 Å². The molecule has 0 saturated heterocycles. The van der Waals surface area contributed by atoms with Crippen LogP contribution < -0.4 is 0 Å². The van der Waals surface area contributed by atoms with Crippen molar-refractivity contribution in [3.05, 3.63) is 29.9 Å². The van der Waals surface area contributed by atoms with Crippen LogP contribution >= 0.6 is 0 Å². The van der Waals surface area contributed by atoms with Gasteiger partial charge in [-0.05, 0) is 31.8 Å². The van der Waals surface area contributed by atoms with Gasteiger partial charge >= 0.3 is 5.97 Å². The van der Waals surface area contributed by atoms with E-state index in [2.05, 4.69) is 16.0 Å². The molecule has 0 fully saturated rings. The Labute approximate surface area is 94.4 Å². The second-order valence-corrected chi connectivity index (χ2v) is 3.64. The molecule has 0 radical (unpaired) electrons. The number of hydrogen-bond acceptors (Lipinski definition) is 4. The minimum absolute atomic E-state index is 0.366. The van der Waals surface area contributed by atoms with Crippen molar-refractivity contribution in [2.75, 3.05) is 6.61 Å². The molecule has 84 valence electrons. The summed E-state index contributed by atoms with van der Waals surface area (Å²) in [6.45, 7) is 2.14. The standard InChI is InChI=1S/C12H14N2O2/c1-2-16-12(15)10-7-13-11(14-8-10)9-5-3-4-6-9/h5,7-8H,2-4,6H2,1H3. The Morgan fingerprint density at radius 3 is 2.75 bits per heavy atom. The minimum Gasteiger partial charge on any atom is -0.462 e. The minimum atomic E-state index is -0.366. The molecule has 1 heterocycles. The van der Waals surface area contributed by atoms with Crippen molar-refractivity contribution in [2.24, 2.45) is 0 Å². The molecule has 0 aromatic carbocycles. The van der Waals surface area contributed by atoms with Crippen molar-refractivity contribution in [2.45, 2.75) is 26.2 Å². The maximum absolute atomic E-state index is 11.4. The lowest BCUT2D eigenvalue weighted by Crippen LogP contribution is -2.06. The van der Waals surface area contributed by atoms with E-state index in [1.54, 1.807) is 6.92 Å². The Morgan fingerprint density at radius 2 is 2.19 bits per heavy atom. The molecular formula is C12H14N2O2. The van der Waals surface area contributed by atoms with Gasteiger partial charge in [-0.2, -0.15) is 0 Å². The van der Waals surface area contributed by atoms with Crippen LogP contribution in [0.2, 0.25) is 0 Å². The van der Waals surface area contributed by atoms with Gasteiger partial charge < -0.3 is 4.74 Å². The van der Waals surface area contributed by atoms with E-state index in [-0.39, 0.29) is 5.97 Å². The Morgan fingerprint density at radius 1 is 1.44 bits per heavy atom. The van der Waals surface area contributed by atoms with Crippen molar-refractivity contribution in [1.82, 2.24) is 9.97 Å². The van der Waals surface area contributed by atoms with E-state index in [9.17, 15) is 4.79 Å². The SMILES string of the molecule is CCOC(=O)c1cnc(C2=CCCC2)nc1. The van der Waals surface area contributed by atoms with Crippen LogP contribution in [-0.4, -0.2) is 22.5 Å². The lowest BCUT2D eigenvalue weighted by Gasteiger charge is -2.02. The number of aromatic nitrogens is 2. The molecule has 4 nitrogen and oxygen atoms in total. The smallest absolute Gasteiger partial charge is 0.341 e. The fourth-order valence-electron chi connectivity index (χ4n) is 1.69. The Hall–Kier alpha value is -1.71. The van der Waals surface area contributed by atoms with E-state index in [1.807, 2.05) is 0 Å². The fourth-order valence-corrected chi connectivity index (χ4v) is 1.69. The zero-order chi connectivity index (χ0) is 11.4. The molecule has 2 rings (SSSR count). The third kappa shape index (κ3) is 2.27. The number of nitrogens with zero attached hydrogens (tertiary/aromatic N) is 2. The summed E-state index contributed by atoms with van der Waals surface area (Å²) in [7, 11) is 0. The van der Waals surface area contributed by atoms with Gasteiger partial charge in [0.1, 0.15) is 0 Å². The van der Waals surface area contributed by atoms with Gasteiger partial charge in [0.25, 0.3) is 0 Å². The highest BCUT2D eigenvalue weighted by Gasteiger charge is 2.12. The summed E-state index contributed by atoms with van der Waals surface area (Å²) < 4.78 is 4.86. The van der Waals surface area contributed by atoms with Crippen LogP contribution in [0.5, 0.6) is 0 Å². The fraction of sp³-hybridized carbons (Fsp3) is 0.417. The van der Waals surface area contributed by atoms with E-state index in [0.717, 1.165) is 18.7 Å². The maximum Gasteiger partial charge on any atom is 0.341 e. The Bertz CT molecular complexity index is 410. The topological polar surface area (TPSA) is 52.1 Å². The Kier molecular flexibility index (Phi) is 3.29. The average molecular weight is 218 g/mol. The predicted octanol–water partition coefficient (Wildman–Crippen LogP) is 2.22. The van der Waals surface area contributed by atoms with Crippen LogP contribution in [-0.2, 0) is 4.74 Å². The van der Waals surface area contributed by atoms with E-state index in [4.69, 9.17) is 4.74 Å². The first kappa shape index (κ1) is 10.8. The van der Waals surface area contributed by atoms with E-state index in [1.165, 1.54) is 24.4 Å². The first-order chi connectivity index (χ1) is 7.81. The molecule has 0 unspecified atom stereocenters. The van der Waals surface area contributed by atoms with Crippen molar-refractivity contribution < 1.29 is 9.53 Å². The molecule has 0 atom stereocenters. The second-order valence-electron chi connectivity index (χ2n) is 3.64. The summed E-state index contributed by atoms with van der Waals surface area (Å²) in [5, 5.41) is 0. The molecule has 16 heavy (non-hydrogen) atoms. The largest absolute Gasteiger partial charge is 0.462 e. The molecule has 4 heteroatoms. The summed E-state index contributed by atoms with van der Waals surface area (Å²) in [5.74, 6) is 0.361. The lowest BCUT2D eigenvalue weighted by molar-refractivity contribution is 0.0525. The summed E-state index contributed by atoms with van der Waals surface area (Å²) >= 11 is 0. The summed E-state index contributed by atoms with van der Waals surface area (Å²) in [6, 6.07) is 0. The zero-order valence-corrected chi connectivity index (χ0v) is 9.27. The lowest BCUT2D eigenvalue weighted by atomic mass is 10.2. The summed E-state index contributed by atoms with van der Waals surface area (Å²) in [6.07, 6.45) is 8.49. The van der Waals surface area contributed by atoms with E-state index in [0.29, 0.717) is 12.2 Å². The molecule has 0 amide bonds. The van der Waals surface area contributed by atoms with Gasteiger partial charge in [-0.1, -0.05) is 6.08 Å². The van der Waals surface area contributed by atoms with Crippen LogP contribution in [0, 0.1) is 0 Å². The predicted molar refractivity (Wildman–Crippen MR) is 59.8 cm³/mol. The monoisotopic (exact) mass is 218 g/mol. The van der Waals surface area contributed by atoms with Crippen LogP contribution in [0.15, 0.2) is 18.5 Å². The summed E-state index contributed by atoms with van der Waals surface area (Å²) in [4.78, 5) is 19.7. The molecule has 1 aromatic heterocycles. The van der Waals surface area contributed by atoms with Gasteiger partial charge in [0, 0.05) is 12.4 Å². The van der Waals surface area contributed by atoms with Crippen LogP contribution in [0.4, 0.5) is 0 Å². The van der Waals surface area contributed by atoms with Gasteiger partial charge in [-0.15, -0.1) is 0 Å². The van der Waals surface area contributed by atoms with E-state index >= 15 is 0 Å². The number of carbonyl (C=O) groups excluding carboxylic acids is 1. The third-order valence-corrected chi connectivity index (χ3v) is 2.49. The van der Waals surface area contributed by atoms with Gasteiger partial charge in [0.15, 0.2) is 5.82 Å². The van der Waals surface area contributed by atoms with Gasteiger partial charge in [-0.25, -0.2) is 14.8 Å². The molecular weight excluding hydrogens is 204 g/mol. The van der Waals surface area contributed by atoms with Crippen molar-refractivity contribution >= 4 is 11.5 Å². The number of ether oxygens (including phenoxy) is 1. The number of carbonyl (C=O) groups is 1. The van der Waals surface area contributed by atoms with Crippen LogP contribution in [0.1, 0.15) is 42.4 Å². The number of esters is 1. The number of hydrogen-bond donors (Lipinski definition) is 0. The van der Waals surface area contributed by atoms with Crippen molar-refractivity contribution in [1.29, 1.82) is 0 Å². The maximum atomic E-state index is 11.4. The number of allylic oxidation sites excluding steroid dienone is 2. The number of rotatable bonds is 3. The zero-order valence-electron chi connectivity index (χ0n) is 9.27.